The predicted molar refractivity (Wildman–Crippen MR) is 69.4 cm³/mol. The summed E-state index contributed by atoms with van der Waals surface area (Å²) >= 11 is 0. The van der Waals surface area contributed by atoms with E-state index in [4.69, 9.17) is 10.5 Å². The Kier molecular flexibility index (Phi) is 6.37. The van der Waals surface area contributed by atoms with Crippen LogP contribution >= 0.6 is 0 Å². The smallest absolute Gasteiger partial charge is 0.0462 e. The number of hydrogen-bond donors (Lipinski definition) is 1. The molecule has 0 amide bonds. The minimum Gasteiger partial charge on any atom is -0.385 e. The Morgan fingerprint density at radius 1 is 1.25 bits per heavy atom. The molecule has 0 radical (unpaired) electrons. The molecule has 0 aromatic carbocycles. The lowest BCUT2D eigenvalue weighted by molar-refractivity contribution is 0.165. The molecule has 0 aliphatic heterocycles. The Morgan fingerprint density at radius 3 is 2.62 bits per heavy atom. The van der Waals surface area contributed by atoms with E-state index in [2.05, 4.69) is 13.8 Å². The molecule has 2 N–H and O–H groups in total. The molecule has 0 bridgehead atoms. The van der Waals surface area contributed by atoms with E-state index < -0.39 is 0 Å². The van der Waals surface area contributed by atoms with Crippen LogP contribution in [-0.2, 0) is 4.74 Å². The summed E-state index contributed by atoms with van der Waals surface area (Å²) in [5.41, 5.74) is 6.22. The van der Waals surface area contributed by atoms with Gasteiger partial charge < -0.3 is 10.5 Å². The van der Waals surface area contributed by atoms with Crippen molar-refractivity contribution in [3.05, 3.63) is 0 Å². The summed E-state index contributed by atoms with van der Waals surface area (Å²) in [7, 11) is 1.78. The normalized spacial score (nSPS) is 30.9. The Bertz CT molecular complexity index is 182. The monoisotopic (exact) mass is 227 g/mol. The summed E-state index contributed by atoms with van der Waals surface area (Å²) in [4.78, 5) is 0. The Morgan fingerprint density at radius 2 is 2.00 bits per heavy atom. The van der Waals surface area contributed by atoms with Gasteiger partial charge in [0.2, 0.25) is 0 Å². The highest BCUT2D eigenvalue weighted by Crippen LogP contribution is 2.35. The SMILES string of the molecule is COCCCCC1CC(C(C)C)CCC1N. The van der Waals surface area contributed by atoms with Crippen molar-refractivity contribution in [1.29, 1.82) is 0 Å². The highest BCUT2D eigenvalue weighted by Gasteiger charge is 2.28. The van der Waals surface area contributed by atoms with Crippen LogP contribution in [-0.4, -0.2) is 19.8 Å². The van der Waals surface area contributed by atoms with Crippen molar-refractivity contribution in [1.82, 2.24) is 0 Å². The van der Waals surface area contributed by atoms with Gasteiger partial charge in [0.05, 0.1) is 0 Å². The lowest BCUT2D eigenvalue weighted by atomic mass is 9.72. The maximum Gasteiger partial charge on any atom is 0.0462 e. The van der Waals surface area contributed by atoms with Crippen LogP contribution in [0.1, 0.15) is 52.4 Å². The van der Waals surface area contributed by atoms with Crippen molar-refractivity contribution in [2.75, 3.05) is 13.7 Å². The first-order valence-electron chi connectivity index (χ1n) is 6.89. The number of methoxy groups -OCH3 is 1. The van der Waals surface area contributed by atoms with E-state index in [1.165, 1.54) is 38.5 Å². The highest BCUT2D eigenvalue weighted by atomic mass is 16.5. The summed E-state index contributed by atoms with van der Waals surface area (Å²) in [6.45, 7) is 5.60. The van der Waals surface area contributed by atoms with Crippen molar-refractivity contribution >= 4 is 0 Å². The van der Waals surface area contributed by atoms with Crippen LogP contribution in [0.25, 0.3) is 0 Å². The van der Waals surface area contributed by atoms with Gasteiger partial charge >= 0.3 is 0 Å². The van der Waals surface area contributed by atoms with E-state index >= 15 is 0 Å². The van der Waals surface area contributed by atoms with Gasteiger partial charge in [-0.3, -0.25) is 0 Å². The summed E-state index contributed by atoms with van der Waals surface area (Å²) in [6, 6.07) is 0.456. The summed E-state index contributed by atoms with van der Waals surface area (Å²) in [6.07, 6.45) is 7.69. The zero-order chi connectivity index (χ0) is 12.0. The largest absolute Gasteiger partial charge is 0.385 e. The molecular weight excluding hydrogens is 198 g/mol. The van der Waals surface area contributed by atoms with Crippen molar-refractivity contribution in [3.63, 3.8) is 0 Å². The minimum atomic E-state index is 0.456. The van der Waals surface area contributed by atoms with Crippen molar-refractivity contribution in [2.45, 2.75) is 58.4 Å². The molecule has 96 valence electrons. The van der Waals surface area contributed by atoms with Crippen molar-refractivity contribution in [2.24, 2.45) is 23.5 Å². The molecule has 0 aromatic rings. The lowest BCUT2D eigenvalue weighted by Crippen LogP contribution is -2.37. The molecule has 0 saturated heterocycles. The van der Waals surface area contributed by atoms with E-state index in [1.807, 2.05) is 0 Å². The lowest BCUT2D eigenvalue weighted by Gasteiger charge is -2.36. The number of hydrogen-bond acceptors (Lipinski definition) is 2. The number of ether oxygens (including phenoxy) is 1. The first-order chi connectivity index (χ1) is 7.65. The zero-order valence-electron chi connectivity index (χ0n) is 11.2. The number of unbranched alkanes of at least 4 members (excludes halogenated alkanes) is 1. The van der Waals surface area contributed by atoms with Crippen LogP contribution in [0, 0.1) is 17.8 Å². The van der Waals surface area contributed by atoms with Gasteiger partial charge in [-0.1, -0.05) is 20.3 Å². The molecule has 0 spiro atoms. The van der Waals surface area contributed by atoms with Crippen LogP contribution in [0.3, 0.4) is 0 Å². The molecule has 1 rings (SSSR count). The van der Waals surface area contributed by atoms with Crippen LogP contribution in [0.15, 0.2) is 0 Å². The maximum atomic E-state index is 6.22. The quantitative estimate of drug-likeness (QED) is 0.707. The molecule has 0 aromatic heterocycles. The first-order valence-corrected chi connectivity index (χ1v) is 6.89. The van der Waals surface area contributed by atoms with Crippen molar-refractivity contribution < 1.29 is 4.74 Å². The van der Waals surface area contributed by atoms with Crippen LogP contribution in [0.5, 0.6) is 0 Å². The van der Waals surface area contributed by atoms with Gasteiger partial charge in [0.15, 0.2) is 0 Å². The van der Waals surface area contributed by atoms with Gasteiger partial charge in [0, 0.05) is 19.8 Å². The highest BCUT2D eigenvalue weighted by molar-refractivity contribution is 4.83. The Labute approximate surface area is 101 Å². The first kappa shape index (κ1) is 14.0. The van der Waals surface area contributed by atoms with E-state index in [0.29, 0.717) is 6.04 Å². The minimum absolute atomic E-state index is 0.456. The molecule has 3 unspecified atom stereocenters. The second-order valence-electron chi connectivity index (χ2n) is 5.73. The topological polar surface area (TPSA) is 35.2 Å². The average Bonchev–Trinajstić information content (AvgIpc) is 2.26. The molecule has 1 aliphatic rings. The Hall–Kier alpha value is -0.0800. The molecule has 0 heterocycles. The van der Waals surface area contributed by atoms with Crippen LogP contribution < -0.4 is 5.73 Å². The average molecular weight is 227 g/mol. The fraction of sp³-hybridized carbons (Fsp3) is 1.00. The molecule has 1 saturated carbocycles. The van der Waals surface area contributed by atoms with Crippen molar-refractivity contribution in [3.8, 4) is 0 Å². The third-order valence-corrected chi connectivity index (χ3v) is 4.20. The van der Waals surface area contributed by atoms with E-state index in [0.717, 1.165) is 24.4 Å². The fourth-order valence-electron chi connectivity index (χ4n) is 2.91. The van der Waals surface area contributed by atoms with Gasteiger partial charge in [-0.15, -0.1) is 0 Å². The second kappa shape index (κ2) is 7.29. The number of nitrogens with two attached hydrogens (primary N) is 1. The molecule has 1 fully saturated rings. The summed E-state index contributed by atoms with van der Waals surface area (Å²) < 4.78 is 5.09. The van der Waals surface area contributed by atoms with Gasteiger partial charge in [0.25, 0.3) is 0 Å². The van der Waals surface area contributed by atoms with Crippen LogP contribution in [0.4, 0.5) is 0 Å². The van der Waals surface area contributed by atoms with Gasteiger partial charge in [-0.2, -0.15) is 0 Å². The molecule has 2 nitrogen and oxygen atoms in total. The van der Waals surface area contributed by atoms with Gasteiger partial charge in [-0.05, 0) is 49.9 Å². The fourth-order valence-corrected chi connectivity index (χ4v) is 2.91. The van der Waals surface area contributed by atoms with E-state index in [-0.39, 0.29) is 0 Å². The summed E-state index contributed by atoms with van der Waals surface area (Å²) in [5, 5.41) is 0. The molecule has 16 heavy (non-hydrogen) atoms. The third-order valence-electron chi connectivity index (χ3n) is 4.20. The van der Waals surface area contributed by atoms with E-state index in [9.17, 15) is 0 Å². The standard InChI is InChI=1S/C14H29NO/c1-11(2)12-7-8-14(15)13(10-12)6-4-5-9-16-3/h11-14H,4-10,15H2,1-3H3. The predicted octanol–water partition coefficient (Wildman–Crippen LogP) is 3.20. The van der Waals surface area contributed by atoms with Crippen LogP contribution in [0.2, 0.25) is 0 Å². The van der Waals surface area contributed by atoms with Gasteiger partial charge in [-0.25, -0.2) is 0 Å². The molecule has 2 heteroatoms. The third kappa shape index (κ3) is 4.42. The van der Waals surface area contributed by atoms with E-state index in [1.54, 1.807) is 7.11 Å². The Balaban J connectivity index is 2.26. The molecule has 3 atom stereocenters. The van der Waals surface area contributed by atoms with Gasteiger partial charge in [0.1, 0.15) is 0 Å². The molecule has 1 aliphatic carbocycles. The summed E-state index contributed by atoms with van der Waals surface area (Å²) in [5.74, 6) is 2.50. The zero-order valence-corrected chi connectivity index (χ0v) is 11.2. The molecular formula is C14H29NO. The number of rotatable bonds is 6. The second-order valence-corrected chi connectivity index (χ2v) is 5.73. The maximum absolute atomic E-state index is 6.22.